The predicted molar refractivity (Wildman–Crippen MR) is 96.1 cm³/mol. The lowest BCUT2D eigenvalue weighted by molar-refractivity contribution is -0.133. The number of aliphatic hydroxyl groups is 1. The monoisotopic (exact) mass is 362 g/mol. The summed E-state index contributed by atoms with van der Waals surface area (Å²) in [6.45, 7) is 3.00. The van der Waals surface area contributed by atoms with Crippen molar-refractivity contribution in [1.29, 1.82) is 0 Å². The molecule has 0 radical (unpaired) electrons. The number of aliphatic hydroxyl groups excluding tert-OH is 1. The summed E-state index contributed by atoms with van der Waals surface area (Å²) in [5.74, 6) is 0.0236. The maximum atomic E-state index is 12.8. The highest BCUT2D eigenvalue weighted by molar-refractivity contribution is 6.30. The van der Waals surface area contributed by atoms with Crippen LogP contribution in [0.1, 0.15) is 12.0 Å². The van der Waals surface area contributed by atoms with Gasteiger partial charge < -0.3 is 19.9 Å². The lowest BCUT2D eigenvalue weighted by atomic mass is 10.0. The molecule has 1 amide bonds. The largest absolute Gasteiger partial charge is 0.391 e. The molecule has 2 atom stereocenters. The van der Waals surface area contributed by atoms with Gasteiger partial charge in [-0.25, -0.2) is 4.98 Å². The summed E-state index contributed by atoms with van der Waals surface area (Å²) in [5.41, 5.74) is 0.997. The van der Waals surface area contributed by atoms with Crippen LogP contribution in [0.3, 0.4) is 0 Å². The van der Waals surface area contributed by atoms with Crippen molar-refractivity contribution in [2.24, 2.45) is 5.92 Å². The lowest BCUT2D eigenvalue weighted by Gasteiger charge is -2.25. The maximum Gasteiger partial charge on any atom is 0.223 e. The van der Waals surface area contributed by atoms with Crippen LogP contribution in [-0.2, 0) is 17.9 Å². The van der Waals surface area contributed by atoms with E-state index in [4.69, 9.17) is 11.6 Å². The number of aromatic nitrogens is 2. The van der Waals surface area contributed by atoms with Gasteiger partial charge in [0.05, 0.1) is 12.4 Å². The summed E-state index contributed by atoms with van der Waals surface area (Å²) in [5, 5.41) is 13.8. The van der Waals surface area contributed by atoms with E-state index in [2.05, 4.69) is 10.3 Å². The molecule has 2 N–H and O–H groups in total. The normalized spacial score (nSPS) is 19.9. The van der Waals surface area contributed by atoms with Crippen molar-refractivity contribution in [3.05, 3.63) is 53.6 Å². The zero-order chi connectivity index (χ0) is 17.6. The van der Waals surface area contributed by atoms with Crippen molar-refractivity contribution in [2.45, 2.75) is 25.6 Å². The fourth-order valence-electron chi connectivity index (χ4n) is 3.08. The summed E-state index contributed by atoms with van der Waals surface area (Å²) in [6, 6.07) is 7.56. The number of nitrogens with one attached hydrogen (secondary N) is 1. The van der Waals surface area contributed by atoms with Crippen LogP contribution in [0, 0.1) is 5.92 Å². The molecule has 1 fully saturated rings. The summed E-state index contributed by atoms with van der Waals surface area (Å²) in [7, 11) is 0. The number of nitrogens with zero attached hydrogens (tertiary/aromatic N) is 3. The number of benzene rings is 1. The highest BCUT2D eigenvalue weighted by Crippen LogP contribution is 2.18. The molecule has 0 saturated carbocycles. The van der Waals surface area contributed by atoms with Crippen molar-refractivity contribution >= 4 is 17.5 Å². The molecule has 3 rings (SSSR count). The Hall–Kier alpha value is -1.89. The Kier molecular flexibility index (Phi) is 6.07. The third kappa shape index (κ3) is 5.04. The van der Waals surface area contributed by atoms with Gasteiger partial charge in [0, 0.05) is 62.5 Å². The number of rotatable bonds is 7. The van der Waals surface area contributed by atoms with Crippen LogP contribution >= 0.6 is 11.6 Å². The lowest BCUT2D eigenvalue weighted by Crippen LogP contribution is -2.36. The number of hydrogen-bond acceptors (Lipinski definition) is 4. The third-order valence-corrected chi connectivity index (χ3v) is 4.78. The maximum absolute atomic E-state index is 12.8. The van der Waals surface area contributed by atoms with Crippen LogP contribution in [0.25, 0.3) is 0 Å². The van der Waals surface area contributed by atoms with E-state index in [0.29, 0.717) is 44.2 Å². The number of hydrogen-bond donors (Lipinski definition) is 2. The van der Waals surface area contributed by atoms with E-state index < -0.39 is 6.10 Å². The van der Waals surface area contributed by atoms with E-state index in [1.807, 2.05) is 39.9 Å². The van der Waals surface area contributed by atoms with Crippen LogP contribution in [0.5, 0.6) is 0 Å². The van der Waals surface area contributed by atoms with Crippen LogP contribution in [0.2, 0.25) is 5.02 Å². The van der Waals surface area contributed by atoms with Gasteiger partial charge in [-0.05, 0) is 17.7 Å². The summed E-state index contributed by atoms with van der Waals surface area (Å²) >= 11 is 6.07. The summed E-state index contributed by atoms with van der Waals surface area (Å²) in [4.78, 5) is 18.7. The first-order valence-corrected chi connectivity index (χ1v) is 8.86. The Morgan fingerprint density at radius 2 is 2.32 bits per heavy atom. The van der Waals surface area contributed by atoms with Gasteiger partial charge >= 0.3 is 0 Å². The second kappa shape index (κ2) is 8.47. The van der Waals surface area contributed by atoms with E-state index in [1.54, 1.807) is 12.5 Å². The molecule has 7 heteroatoms. The second-order valence-corrected chi connectivity index (χ2v) is 6.87. The Balaban J connectivity index is 1.67. The van der Waals surface area contributed by atoms with Crippen LogP contribution < -0.4 is 5.32 Å². The van der Waals surface area contributed by atoms with Gasteiger partial charge in [0.2, 0.25) is 5.91 Å². The third-order valence-electron chi connectivity index (χ3n) is 4.54. The van der Waals surface area contributed by atoms with Crippen molar-refractivity contribution in [1.82, 2.24) is 19.8 Å². The minimum atomic E-state index is -0.453. The molecule has 0 unspecified atom stereocenters. The average molecular weight is 363 g/mol. The Bertz CT molecular complexity index is 692. The molecule has 0 aliphatic carbocycles. The average Bonchev–Trinajstić information content (AvgIpc) is 3.24. The number of carbonyl (C=O) groups is 1. The highest BCUT2D eigenvalue weighted by atomic mass is 35.5. The molecule has 1 aromatic heterocycles. The fraction of sp³-hybridized carbons (Fsp3) is 0.444. The number of imidazole rings is 1. The van der Waals surface area contributed by atoms with E-state index >= 15 is 0 Å². The Labute approximate surface area is 152 Å². The number of β-amino-alcohol motifs (C(OH)–C–C–N with tert-alkyl or cyclic N) is 1. The molecule has 25 heavy (non-hydrogen) atoms. The first-order valence-electron chi connectivity index (χ1n) is 8.48. The summed E-state index contributed by atoms with van der Waals surface area (Å²) in [6.07, 6.45) is 5.24. The molecule has 2 aromatic rings. The van der Waals surface area contributed by atoms with Gasteiger partial charge in [-0.3, -0.25) is 4.79 Å². The summed E-state index contributed by atoms with van der Waals surface area (Å²) < 4.78 is 1.95. The van der Waals surface area contributed by atoms with Gasteiger partial charge in [0.15, 0.2) is 0 Å². The standard InChI is InChI=1S/C18H23ClN4O2/c19-16-3-1-2-14(8-16)12-23(7-6-22-5-4-20-13-22)18(25)9-15-10-21-11-17(15)24/h1-5,8,13,15,17,21,24H,6-7,9-12H2/t15-,17-/m1/s1. The minimum absolute atomic E-state index is 0.0254. The number of halogens is 1. The molecule has 0 spiro atoms. The Morgan fingerprint density at radius 1 is 1.44 bits per heavy atom. The molecule has 0 bridgehead atoms. The molecule has 134 valence electrons. The molecule has 2 heterocycles. The van der Waals surface area contributed by atoms with Crippen molar-refractivity contribution < 1.29 is 9.90 Å². The first kappa shape index (κ1) is 17.9. The molecule has 1 aromatic carbocycles. The topological polar surface area (TPSA) is 70.4 Å². The van der Waals surface area contributed by atoms with Gasteiger partial charge in [-0.1, -0.05) is 23.7 Å². The van der Waals surface area contributed by atoms with Gasteiger partial charge in [-0.2, -0.15) is 0 Å². The molecular formula is C18H23ClN4O2. The van der Waals surface area contributed by atoms with Crippen LogP contribution in [0.15, 0.2) is 43.0 Å². The molecular weight excluding hydrogens is 340 g/mol. The molecule has 1 aliphatic heterocycles. The van der Waals surface area contributed by atoms with E-state index in [-0.39, 0.29) is 11.8 Å². The molecule has 1 aliphatic rings. The zero-order valence-corrected chi connectivity index (χ0v) is 14.8. The van der Waals surface area contributed by atoms with E-state index in [9.17, 15) is 9.90 Å². The van der Waals surface area contributed by atoms with E-state index in [1.165, 1.54) is 0 Å². The van der Waals surface area contributed by atoms with Crippen molar-refractivity contribution in [3.8, 4) is 0 Å². The smallest absolute Gasteiger partial charge is 0.223 e. The minimum Gasteiger partial charge on any atom is -0.391 e. The SMILES string of the molecule is O=C(C[C@@H]1CNC[C@H]1O)N(CCn1ccnc1)Cc1cccc(Cl)c1. The van der Waals surface area contributed by atoms with Gasteiger partial charge in [0.25, 0.3) is 0 Å². The van der Waals surface area contributed by atoms with Gasteiger partial charge in [-0.15, -0.1) is 0 Å². The first-order chi connectivity index (χ1) is 12.1. The molecule has 6 nitrogen and oxygen atoms in total. The Morgan fingerprint density at radius 3 is 3.00 bits per heavy atom. The quantitative estimate of drug-likeness (QED) is 0.783. The number of carbonyl (C=O) groups excluding carboxylic acids is 1. The van der Waals surface area contributed by atoms with Crippen molar-refractivity contribution in [3.63, 3.8) is 0 Å². The van der Waals surface area contributed by atoms with Gasteiger partial charge in [0.1, 0.15) is 0 Å². The van der Waals surface area contributed by atoms with Crippen LogP contribution in [-0.4, -0.2) is 51.2 Å². The van der Waals surface area contributed by atoms with Crippen LogP contribution in [0.4, 0.5) is 0 Å². The second-order valence-electron chi connectivity index (χ2n) is 6.44. The zero-order valence-electron chi connectivity index (χ0n) is 14.0. The van der Waals surface area contributed by atoms with E-state index in [0.717, 1.165) is 5.56 Å². The van der Waals surface area contributed by atoms with Crippen molar-refractivity contribution in [2.75, 3.05) is 19.6 Å². The molecule has 1 saturated heterocycles. The highest BCUT2D eigenvalue weighted by Gasteiger charge is 2.28. The predicted octanol–water partition coefficient (Wildman–Crippen LogP) is 1.54. The fourth-order valence-corrected chi connectivity index (χ4v) is 3.30. The number of amides is 1.